The Kier molecular flexibility index (Phi) is 4.67. The molecule has 0 bridgehead atoms. The molecule has 1 saturated heterocycles. The highest BCUT2D eigenvalue weighted by atomic mass is 32.2. The van der Waals surface area contributed by atoms with E-state index in [-0.39, 0.29) is 19.6 Å². The van der Waals surface area contributed by atoms with Gasteiger partial charge in [-0.2, -0.15) is 0 Å². The Labute approximate surface area is 148 Å². The maximum Gasteiger partial charge on any atom is 0.341 e. The van der Waals surface area contributed by atoms with Crippen LogP contribution < -0.4 is 5.32 Å². The van der Waals surface area contributed by atoms with Crippen LogP contribution >= 0.6 is 11.3 Å². The number of fused-ring (bicyclic) bond motifs is 1. The van der Waals surface area contributed by atoms with Crippen LogP contribution in [0.3, 0.4) is 0 Å². The van der Waals surface area contributed by atoms with E-state index in [1.165, 1.54) is 11.3 Å². The van der Waals surface area contributed by atoms with Crippen molar-refractivity contribution in [1.82, 2.24) is 14.5 Å². The van der Waals surface area contributed by atoms with Gasteiger partial charge in [0.2, 0.25) is 10.0 Å². The first-order chi connectivity index (χ1) is 11.8. The third-order valence-electron chi connectivity index (χ3n) is 3.93. The van der Waals surface area contributed by atoms with Crippen LogP contribution in [0.25, 0.3) is 10.1 Å². The second-order valence-electron chi connectivity index (χ2n) is 5.66. The van der Waals surface area contributed by atoms with Crippen molar-refractivity contribution in [3.05, 3.63) is 35.2 Å². The van der Waals surface area contributed by atoms with Crippen molar-refractivity contribution >= 4 is 43.5 Å². The van der Waals surface area contributed by atoms with E-state index in [4.69, 9.17) is 0 Å². The predicted octanol–water partition coefficient (Wildman–Crippen LogP) is 1.34. The highest BCUT2D eigenvalue weighted by Gasteiger charge is 2.38. The van der Waals surface area contributed by atoms with E-state index in [9.17, 15) is 23.1 Å². The number of hydrogen-bond donors (Lipinski definition) is 2. The number of thiophene rings is 1. The summed E-state index contributed by atoms with van der Waals surface area (Å²) in [6, 6.07) is 6.00. The molecule has 0 saturated carbocycles. The van der Waals surface area contributed by atoms with Crippen molar-refractivity contribution < 1.29 is 23.1 Å². The predicted molar refractivity (Wildman–Crippen MR) is 93.8 cm³/mol. The fraction of sp³-hybridized carbons (Fsp3) is 0.333. The summed E-state index contributed by atoms with van der Waals surface area (Å²) in [5.41, 5.74) is 0.700. The van der Waals surface area contributed by atoms with Gasteiger partial charge in [-0.1, -0.05) is 18.2 Å². The van der Waals surface area contributed by atoms with Gasteiger partial charge in [0.1, 0.15) is 0 Å². The van der Waals surface area contributed by atoms with Crippen molar-refractivity contribution in [3.63, 3.8) is 0 Å². The Hall–Kier alpha value is -2.17. The Morgan fingerprint density at radius 3 is 2.76 bits per heavy atom. The van der Waals surface area contributed by atoms with Crippen LogP contribution in [0, 0.1) is 0 Å². The van der Waals surface area contributed by atoms with Crippen LogP contribution in [-0.4, -0.2) is 60.7 Å². The minimum Gasteiger partial charge on any atom is -0.387 e. The number of carbonyl (C=O) groups is 2. The first kappa shape index (κ1) is 17.6. The van der Waals surface area contributed by atoms with Crippen LogP contribution in [0.1, 0.15) is 11.7 Å². The smallest absolute Gasteiger partial charge is 0.341 e. The molecule has 4 amide bonds. The summed E-state index contributed by atoms with van der Waals surface area (Å²) in [7, 11) is -3.70. The second-order valence-corrected chi connectivity index (χ2v) is 8.48. The van der Waals surface area contributed by atoms with E-state index in [0.717, 1.165) is 21.2 Å². The number of nitrogens with zero attached hydrogens (tertiary/aromatic N) is 2. The maximum absolute atomic E-state index is 12.1. The number of sulfonamides is 1. The fourth-order valence-corrected chi connectivity index (χ4v) is 4.46. The van der Waals surface area contributed by atoms with E-state index >= 15 is 0 Å². The number of aliphatic hydroxyl groups excluding tert-OH is 1. The Bertz CT molecular complexity index is 924. The number of benzene rings is 1. The van der Waals surface area contributed by atoms with Gasteiger partial charge in [0.25, 0.3) is 0 Å². The van der Waals surface area contributed by atoms with E-state index in [1.54, 1.807) is 0 Å². The maximum atomic E-state index is 12.1. The molecule has 2 N–H and O–H groups in total. The molecule has 2 heterocycles. The summed E-state index contributed by atoms with van der Waals surface area (Å²) < 4.78 is 24.6. The minimum atomic E-state index is -3.70. The molecule has 0 spiro atoms. The zero-order valence-corrected chi connectivity index (χ0v) is 15.0. The molecule has 1 aromatic heterocycles. The fourth-order valence-electron chi connectivity index (χ4n) is 2.66. The summed E-state index contributed by atoms with van der Waals surface area (Å²) in [4.78, 5) is 24.9. The number of rotatable bonds is 4. The van der Waals surface area contributed by atoms with Crippen LogP contribution in [0.5, 0.6) is 0 Å². The third kappa shape index (κ3) is 3.46. The van der Waals surface area contributed by atoms with Gasteiger partial charge in [-0.05, 0) is 16.8 Å². The van der Waals surface area contributed by atoms with Crippen molar-refractivity contribution in [2.45, 2.75) is 6.10 Å². The first-order valence-electron chi connectivity index (χ1n) is 7.50. The molecule has 1 aliphatic heterocycles. The number of aliphatic hydroxyl groups is 1. The molecular weight excluding hydrogens is 366 g/mol. The van der Waals surface area contributed by atoms with Crippen molar-refractivity contribution in [2.24, 2.45) is 0 Å². The van der Waals surface area contributed by atoms with Gasteiger partial charge in [-0.15, -0.1) is 11.3 Å². The Morgan fingerprint density at radius 1 is 1.36 bits per heavy atom. The lowest BCUT2D eigenvalue weighted by atomic mass is 10.1. The van der Waals surface area contributed by atoms with Crippen molar-refractivity contribution in [2.75, 3.05) is 25.9 Å². The Morgan fingerprint density at radius 2 is 2.08 bits per heavy atom. The highest BCUT2D eigenvalue weighted by molar-refractivity contribution is 7.88. The summed E-state index contributed by atoms with van der Waals surface area (Å²) >= 11 is 1.49. The zero-order chi connectivity index (χ0) is 18.2. The van der Waals surface area contributed by atoms with Crippen LogP contribution in [-0.2, 0) is 10.0 Å². The highest BCUT2D eigenvalue weighted by Crippen LogP contribution is 2.29. The standard InChI is InChI=1S/C15H17N3O5S2/c1-25(22,23)18-7-6-17(15(18)21)14(20)16-8-12(19)11-9-24-13-5-3-2-4-10(11)13/h2-5,9,12,19H,6-8H2,1H3,(H,16,20)/t12-/m1/s1. The van der Waals surface area contributed by atoms with Crippen LogP contribution in [0.4, 0.5) is 9.59 Å². The topological polar surface area (TPSA) is 107 Å². The molecule has 0 unspecified atom stereocenters. The second kappa shape index (κ2) is 6.62. The normalized spacial score (nSPS) is 16.5. The summed E-state index contributed by atoms with van der Waals surface area (Å²) in [5, 5.41) is 15.5. The number of amides is 4. The monoisotopic (exact) mass is 383 g/mol. The number of hydrogen-bond acceptors (Lipinski definition) is 6. The van der Waals surface area contributed by atoms with E-state index < -0.39 is 28.2 Å². The molecule has 2 aromatic rings. The van der Waals surface area contributed by atoms with E-state index in [1.807, 2.05) is 29.6 Å². The quantitative estimate of drug-likeness (QED) is 0.829. The molecule has 10 heteroatoms. The number of nitrogens with one attached hydrogen (secondary N) is 1. The molecule has 1 aromatic carbocycles. The van der Waals surface area contributed by atoms with Crippen LogP contribution in [0.2, 0.25) is 0 Å². The molecular formula is C15H17N3O5S2. The zero-order valence-electron chi connectivity index (χ0n) is 13.4. The average molecular weight is 383 g/mol. The molecule has 134 valence electrons. The number of carbonyl (C=O) groups excluding carboxylic acids is 2. The average Bonchev–Trinajstić information content (AvgIpc) is 3.15. The van der Waals surface area contributed by atoms with Gasteiger partial charge >= 0.3 is 12.1 Å². The minimum absolute atomic E-state index is 0.0186. The summed E-state index contributed by atoms with van der Waals surface area (Å²) in [5.74, 6) is 0. The molecule has 1 fully saturated rings. The van der Waals surface area contributed by atoms with Gasteiger partial charge in [0, 0.05) is 16.8 Å². The van der Waals surface area contributed by atoms with Crippen LogP contribution in [0.15, 0.2) is 29.6 Å². The van der Waals surface area contributed by atoms with Gasteiger partial charge in [0.05, 0.1) is 25.4 Å². The van der Waals surface area contributed by atoms with Gasteiger partial charge < -0.3 is 10.4 Å². The number of urea groups is 2. The van der Waals surface area contributed by atoms with Gasteiger partial charge in [-0.25, -0.2) is 27.2 Å². The Balaban J connectivity index is 1.64. The van der Waals surface area contributed by atoms with E-state index in [2.05, 4.69) is 5.32 Å². The number of imide groups is 1. The summed E-state index contributed by atoms with van der Waals surface area (Å²) in [6.07, 6.45) is -0.0126. The summed E-state index contributed by atoms with van der Waals surface area (Å²) in [6.45, 7) is -0.166. The van der Waals surface area contributed by atoms with Crippen molar-refractivity contribution in [1.29, 1.82) is 0 Å². The largest absolute Gasteiger partial charge is 0.387 e. The lowest BCUT2D eigenvalue weighted by molar-refractivity contribution is 0.165. The molecule has 25 heavy (non-hydrogen) atoms. The van der Waals surface area contributed by atoms with Gasteiger partial charge in [-0.3, -0.25) is 0 Å². The molecule has 0 radical (unpaired) electrons. The molecule has 3 rings (SSSR count). The van der Waals surface area contributed by atoms with Gasteiger partial charge in [0.15, 0.2) is 0 Å². The third-order valence-corrected chi connectivity index (χ3v) is 6.05. The molecule has 1 aliphatic rings. The SMILES string of the molecule is CS(=O)(=O)N1CCN(C(=O)NC[C@@H](O)c2csc3ccccc23)C1=O. The lowest BCUT2D eigenvalue weighted by Crippen LogP contribution is -2.44. The van der Waals surface area contributed by atoms with E-state index in [0.29, 0.717) is 9.87 Å². The molecule has 0 aliphatic carbocycles. The molecule has 1 atom stereocenters. The van der Waals surface area contributed by atoms with Crippen molar-refractivity contribution in [3.8, 4) is 0 Å². The lowest BCUT2D eigenvalue weighted by Gasteiger charge is -2.17. The molecule has 8 nitrogen and oxygen atoms in total. The first-order valence-corrected chi connectivity index (χ1v) is 10.2.